The largest absolute Gasteiger partial charge is 0.391 e. The Morgan fingerprint density at radius 1 is 1.26 bits per heavy atom. The predicted molar refractivity (Wildman–Crippen MR) is 90.4 cm³/mol. The second-order valence-corrected chi connectivity index (χ2v) is 6.54. The lowest BCUT2D eigenvalue weighted by atomic mass is 10.1. The van der Waals surface area contributed by atoms with Crippen molar-refractivity contribution in [3.8, 4) is 0 Å². The number of aliphatic hydroxyl groups is 1. The molecule has 23 heavy (non-hydrogen) atoms. The van der Waals surface area contributed by atoms with Crippen LogP contribution in [0.15, 0.2) is 24.3 Å². The van der Waals surface area contributed by atoms with E-state index in [4.69, 9.17) is 0 Å². The summed E-state index contributed by atoms with van der Waals surface area (Å²) in [6, 6.07) is 7.06. The number of nitrogens with zero attached hydrogens (tertiary/aromatic N) is 1. The maximum atomic E-state index is 12.1. The first-order valence-electron chi connectivity index (χ1n) is 8.34. The highest BCUT2D eigenvalue weighted by molar-refractivity contribution is 5.96. The van der Waals surface area contributed by atoms with Gasteiger partial charge in [-0.05, 0) is 49.4 Å². The number of amides is 2. The molecule has 0 bridgehead atoms. The van der Waals surface area contributed by atoms with Crippen LogP contribution in [0.5, 0.6) is 0 Å². The molecule has 1 saturated heterocycles. The molecule has 1 fully saturated rings. The number of aliphatic hydroxyl groups excluding tert-OH is 1. The molecule has 5 nitrogen and oxygen atoms in total. The van der Waals surface area contributed by atoms with Crippen molar-refractivity contribution in [1.29, 1.82) is 0 Å². The summed E-state index contributed by atoms with van der Waals surface area (Å²) in [6.07, 6.45) is 2.70. The highest BCUT2D eigenvalue weighted by Crippen LogP contribution is 2.21. The third-order valence-corrected chi connectivity index (χ3v) is 4.01. The number of carbonyl (C=O) groups is 2. The Kier molecular flexibility index (Phi) is 6.16. The highest BCUT2D eigenvalue weighted by atomic mass is 16.3. The quantitative estimate of drug-likeness (QED) is 0.846. The van der Waals surface area contributed by atoms with E-state index in [1.807, 2.05) is 26.0 Å². The van der Waals surface area contributed by atoms with E-state index in [1.165, 1.54) is 0 Å². The second-order valence-electron chi connectivity index (χ2n) is 6.54. The van der Waals surface area contributed by atoms with Gasteiger partial charge < -0.3 is 15.3 Å². The molecule has 2 rings (SSSR count). The Hall–Kier alpha value is -1.88. The fourth-order valence-corrected chi connectivity index (χ4v) is 2.81. The van der Waals surface area contributed by atoms with Crippen LogP contribution in [-0.2, 0) is 4.79 Å². The Bertz CT molecular complexity index is 540. The van der Waals surface area contributed by atoms with Gasteiger partial charge in [0.25, 0.3) is 5.91 Å². The van der Waals surface area contributed by atoms with Crippen LogP contribution in [0, 0.1) is 5.92 Å². The zero-order chi connectivity index (χ0) is 16.8. The van der Waals surface area contributed by atoms with Gasteiger partial charge in [0.2, 0.25) is 5.91 Å². The van der Waals surface area contributed by atoms with Gasteiger partial charge in [-0.1, -0.05) is 13.8 Å². The second kappa shape index (κ2) is 8.11. The lowest BCUT2D eigenvalue weighted by molar-refractivity contribution is -0.119. The number of piperidine rings is 1. The minimum atomic E-state index is -0.524. The number of rotatable bonds is 6. The molecule has 2 N–H and O–H groups in total. The van der Waals surface area contributed by atoms with E-state index in [1.54, 1.807) is 17.0 Å². The average molecular weight is 318 g/mol. The van der Waals surface area contributed by atoms with E-state index in [2.05, 4.69) is 5.32 Å². The molecule has 0 saturated carbocycles. The summed E-state index contributed by atoms with van der Waals surface area (Å²) < 4.78 is 0. The molecule has 1 atom stereocenters. The normalized spacial score (nSPS) is 16.5. The monoisotopic (exact) mass is 318 g/mol. The van der Waals surface area contributed by atoms with Crippen LogP contribution in [0.2, 0.25) is 0 Å². The van der Waals surface area contributed by atoms with Crippen molar-refractivity contribution >= 4 is 17.5 Å². The molecule has 1 aromatic rings. The van der Waals surface area contributed by atoms with Crippen molar-refractivity contribution in [2.24, 2.45) is 5.92 Å². The molecule has 0 aromatic heterocycles. The summed E-state index contributed by atoms with van der Waals surface area (Å²) in [6.45, 7) is 5.06. The van der Waals surface area contributed by atoms with Crippen LogP contribution in [0.25, 0.3) is 0 Å². The SMILES string of the molecule is CC(C)CC(O)CNC(=O)c1ccc(N2CCCCC2=O)cc1. The van der Waals surface area contributed by atoms with E-state index in [9.17, 15) is 14.7 Å². The van der Waals surface area contributed by atoms with Gasteiger partial charge in [-0.3, -0.25) is 9.59 Å². The Balaban J connectivity index is 1.91. The van der Waals surface area contributed by atoms with Gasteiger partial charge in [-0.2, -0.15) is 0 Å². The average Bonchev–Trinajstić information content (AvgIpc) is 2.53. The molecular formula is C18H26N2O3. The zero-order valence-electron chi connectivity index (χ0n) is 13.9. The van der Waals surface area contributed by atoms with Crippen molar-refractivity contribution in [3.63, 3.8) is 0 Å². The Morgan fingerprint density at radius 2 is 1.96 bits per heavy atom. The molecule has 126 valence electrons. The van der Waals surface area contributed by atoms with Gasteiger partial charge in [0.1, 0.15) is 0 Å². The van der Waals surface area contributed by atoms with Crippen molar-refractivity contribution in [1.82, 2.24) is 5.32 Å². The van der Waals surface area contributed by atoms with Gasteiger partial charge >= 0.3 is 0 Å². The lowest BCUT2D eigenvalue weighted by Gasteiger charge is -2.26. The van der Waals surface area contributed by atoms with Gasteiger partial charge in [-0.25, -0.2) is 0 Å². The standard InChI is InChI=1S/C18H26N2O3/c1-13(2)11-16(21)12-19-18(23)14-6-8-15(9-7-14)20-10-4-3-5-17(20)22/h6-9,13,16,21H,3-5,10-12H2,1-2H3,(H,19,23). The fourth-order valence-electron chi connectivity index (χ4n) is 2.81. The minimum absolute atomic E-state index is 0.144. The predicted octanol–water partition coefficient (Wildman–Crippen LogP) is 2.34. The highest BCUT2D eigenvalue weighted by Gasteiger charge is 2.19. The Morgan fingerprint density at radius 3 is 2.57 bits per heavy atom. The third-order valence-electron chi connectivity index (χ3n) is 4.01. The van der Waals surface area contributed by atoms with E-state index >= 15 is 0 Å². The summed E-state index contributed by atoms with van der Waals surface area (Å²) in [5, 5.41) is 12.5. The molecule has 2 amide bonds. The zero-order valence-corrected chi connectivity index (χ0v) is 13.9. The van der Waals surface area contributed by atoms with Gasteiger partial charge in [0.05, 0.1) is 6.10 Å². The first-order valence-corrected chi connectivity index (χ1v) is 8.34. The van der Waals surface area contributed by atoms with E-state index < -0.39 is 6.10 Å². The van der Waals surface area contributed by atoms with E-state index in [0.29, 0.717) is 24.3 Å². The van der Waals surface area contributed by atoms with Crippen LogP contribution in [0.3, 0.4) is 0 Å². The summed E-state index contributed by atoms with van der Waals surface area (Å²) >= 11 is 0. The first kappa shape index (κ1) is 17.5. The number of benzene rings is 1. The Labute approximate surface area is 137 Å². The number of hydrogen-bond donors (Lipinski definition) is 2. The van der Waals surface area contributed by atoms with Crippen LogP contribution in [0.1, 0.15) is 49.9 Å². The molecule has 1 unspecified atom stereocenters. The van der Waals surface area contributed by atoms with Gasteiger partial charge in [0.15, 0.2) is 0 Å². The fraction of sp³-hybridized carbons (Fsp3) is 0.556. The topological polar surface area (TPSA) is 69.6 Å². The van der Waals surface area contributed by atoms with Crippen LogP contribution >= 0.6 is 0 Å². The molecule has 1 aromatic carbocycles. The van der Waals surface area contributed by atoms with E-state index in [0.717, 1.165) is 25.1 Å². The molecule has 1 aliphatic rings. The van der Waals surface area contributed by atoms with Crippen LogP contribution in [0.4, 0.5) is 5.69 Å². The van der Waals surface area contributed by atoms with Gasteiger partial charge in [-0.15, -0.1) is 0 Å². The van der Waals surface area contributed by atoms with Crippen molar-refractivity contribution < 1.29 is 14.7 Å². The molecule has 1 aliphatic heterocycles. The number of anilines is 1. The molecule has 0 spiro atoms. The van der Waals surface area contributed by atoms with Crippen molar-refractivity contribution in [2.45, 2.75) is 45.6 Å². The third kappa shape index (κ3) is 5.06. The summed E-state index contributed by atoms with van der Waals surface area (Å²) in [5.41, 5.74) is 1.38. The first-order chi connectivity index (χ1) is 11.0. The molecule has 0 aliphatic carbocycles. The summed E-state index contributed by atoms with van der Waals surface area (Å²) in [7, 11) is 0. The molecular weight excluding hydrogens is 292 g/mol. The maximum Gasteiger partial charge on any atom is 0.251 e. The molecule has 5 heteroatoms. The number of carbonyl (C=O) groups excluding carboxylic acids is 2. The summed E-state index contributed by atoms with van der Waals surface area (Å²) in [5.74, 6) is 0.331. The summed E-state index contributed by atoms with van der Waals surface area (Å²) in [4.78, 5) is 25.8. The number of hydrogen-bond acceptors (Lipinski definition) is 3. The van der Waals surface area contributed by atoms with Crippen molar-refractivity contribution in [2.75, 3.05) is 18.0 Å². The molecule has 1 heterocycles. The van der Waals surface area contributed by atoms with Crippen LogP contribution < -0.4 is 10.2 Å². The minimum Gasteiger partial charge on any atom is -0.391 e. The van der Waals surface area contributed by atoms with Crippen LogP contribution in [-0.4, -0.2) is 36.1 Å². The van der Waals surface area contributed by atoms with E-state index in [-0.39, 0.29) is 18.4 Å². The lowest BCUT2D eigenvalue weighted by Crippen LogP contribution is -2.35. The van der Waals surface area contributed by atoms with Crippen molar-refractivity contribution in [3.05, 3.63) is 29.8 Å². The molecule has 0 radical (unpaired) electrons. The number of nitrogens with one attached hydrogen (secondary N) is 1. The maximum absolute atomic E-state index is 12.1. The smallest absolute Gasteiger partial charge is 0.251 e. The van der Waals surface area contributed by atoms with Gasteiger partial charge in [0, 0.05) is 30.8 Å².